The van der Waals surface area contributed by atoms with E-state index < -0.39 is 0 Å². The second-order valence-electron chi connectivity index (χ2n) is 7.07. The third kappa shape index (κ3) is 4.30. The minimum absolute atomic E-state index is 0.0445. The standard InChI is InChI=1S/C22H23NO4/c24-18(17-8-10-19-20(14-17)27-13-12-26-19)9-11-21(25)23-22(16-6-7-16)15-4-2-1-3-5-15/h1-5,8,10,14,16,22H,6-7,9,11-13H2,(H,23,25). The van der Waals surface area contributed by atoms with Crippen molar-refractivity contribution in [1.82, 2.24) is 5.32 Å². The van der Waals surface area contributed by atoms with E-state index in [1.165, 1.54) is 0 Å². The summed E-state index contributed by atoms with van der Waals surface area (Å²) >= 11 is 0. The molecule has 1 fully saturated rings. The van der Waals surface area contributed by atoms with Gasteiger partial charge >= 0.3 is 0 Å². The number of fused-ring (bicyclic) bond motifs is 1. The molecule has 2 aromatic rings. The van der Waals surface area contributed by atoms with E-state index in [4.69, 9.17) is 9.47 Å². The third-order valence-electron chi connectivity index (χ3n) is 5.01. The second kappa shape index (κ2) is 7.82. The van der Waals surface area contributed by atoms with Crippen LogP contribution in [-0.4, -0.2) is 24.9 Å². The zero-order chi connectivity index (χ0) is 18.6. The predicted molar refractivity (Wildman–Crippen MR) is 101 cm³/mol. The Morgan fingerprint density at radius 2 is 1.70 bits per heavy atom. The SMILES string of the molecule is O=C(CCC(=O)c1ccc2c(c1)OCCO2)NC(c1ccccc1)C1CC1. The summed E-state index contributed by atoms with van der Waals surface area (Å²) in [7, 11) is 0. The maximum absolute atomic E-state index is 12.5. The number of hydrogen-bond acceptors (Lipinski definition) is 4. The molecule has 0 bridgehead atoms. The zero-order valence-electron chi connectivity index (χ0n) is 15.1. The molecule has 1 saturated carbocycles. The molecule has 5 heteroatoms. The summed E-state index contributed by atoms with van der Waals surface area (Å²) in [5, 5.41) is 3.12. The average Bonchev–Trinajstić information content (AvgIpc) is 3.55. The lowest BCUT2D eigenvalue weighted by Gasteiger charge is -2.19. The molecule has 1 N–H and O–H groups in total. The van der Waals surface area contributed by atoms with Crippen molar-refractivity contribution in [3.05, 3.63) is 59.7 Å². The van der Waals surface area contributed by atoms with Crippen LogP contribution in [-0.2, 0) is 4.79 Å². The summed E-state index contributed by atoms with van der Waals surface area (Å²) in [4.78, 5) is 24.9. The number of nitrogens with one attached hydrogen (secondary N) is 1. The lowest BCUT2D eigenvalue weighted by Crippen LogP contribution is -2.30. The first-order valence-corrected chi connectivity index (χ1v) is 9.48. The van der Waals surface area contributed by atoms with Crippen LogP contribution < -0.4 is 14.8 Å². The maximum Gasteiger partial charge on any atom is 0.220 e. The van der Waals surface area contributed by atoms with Crippen LogP contribution in [0.5, 0.6) is 11.5 Å². The number of ether oxygens (including phenoxy) is 2. The summed E-state index contributed by atoms with van der Waals surface area (Å²) in [6, 6.07) is 15.3. The van der Waals surface area contributed by atoms with Crippen molar-refractivity contribution in [2.45, 2.75) is 31.7 Å². The molecule has 5 nitrogen and oxygen atoms in total. The number of Topliss-reactive ketones (excluding diaryl/α,β-unsaturated/α-hetero) is 1. The van der Waals surface area contributed by atoms with Crippen LogP contribution in [0.15, 0.2) is 48.5 Å². The molecule has 2 aliphatic rings. The van der Waals surface area contributed by atoms with Gasteiger partial charge in [-0.25, -0.2) is 0 Å². The monoisotopic (exact) mass is 365 g/mol. The van der Waals surface area contributed by atoms with E-state index >= 15 is 0 Å². The quantitative estimate of drug-likeness (QED) is 0.760. The fourth-order valence-corrected chi connectivity index (χ4v) is 3.40. The molecule has 0 spiro atoms. The molecule has 27 heavy (non-hydrogen) atoms. The molecular formula is C22H23NO4. The van der Waals surface area contributed by atoms with Crippen LogP contribution >= 0.6 is 0 Å². The van der Waals surface area contributed by atoms with Crippen molar-refractivity contribution in [2.75, 3.05) is 13.2 Å². The topological polar surface area (TPSA) is 64.6 Å². The molecule has 1 heterocycles. The Labute approximate surface area is 158 Å². The fraction of sp³-hybridized carbons (Fsp3) is 0.364. The van der Waals surface area contributed by atoms with Gasteiger partial charge in [0.25, 0.3) is 0 Å². The average molecular weight is 365 g/mol. The van der Waals surface area contributed by atoms with E-state index in [1.54, 1.807) is 18.2 Å². The Morgan fingerprint density at radius 3 is 2.44 bits per heavy atom. The Balaban J connectivity index is 1.34. The van der Waals surface area contributed by atoms with Crippen molar-refractivity contribution in [1.29, 1.82) is 0 Å². The normalized spacial score (nSPS) is 16.4. The number of amides is 1. The van der Waals surface area contributed by atoms with Crippen molar-refractivity contribution in [2.24, 2.45) is 5.92 Å². The number of hydrogen-bond donors (Lipinski definition) is 1. The number of ketones is 1. The molecule has 2 aromatic carbocycles. The van der Waals surface area contributed by atoms with Gasteiger partial charge < -0.3 is 14.8 Å². The first-order chi connectivity index (χ1) is 13.2. The Bertz CT molecular complexity index is 829. The third-order valence-corrected chi connectivity index (χ3v) is 5.01. The highest BCUT2D eigenvalue weighted by Gasteiger charge is 2.33. The van der Waals surface area contributed by atoms with Gasteiger partial charge in [0, 0.05) is 18.4 Å². The smallest absolute Gasteiger partial charge is 0.220 e. The van der Waals surface area contributed by atoms with Gasteiger partial charge in [0.05, 0.1) is 6.04 Å². The lowest BCUT2D eigenvalue weighted by atomic mass is 10.0. The molecule has 4 rings (SSSR count). The highest BCUT2D eigenvalue weighted by atomic mass is 16.6. The summed E-state index contributed by atoms with van der Waals surface area (Å²) < 4.78 is 11.0. The van der Waals surface area contributed by atoms with Gasteiger partial charge in [0.2, 0.25) is 5.91 Å². The van der Waals surface area contributed by atoms with Gasteiger partial charge in [-0.15, -0.1) is 0 Å². The minimum atomic E-state index is -0.0818. The first kappa shape index (κ1) is 17.6. The number of benzene rings is 2. The molecule has 1 aliphatic carbocycles. The van der Waals surface area contributed by atoms with Gasteiger partial charge in [-0.3, -0.25) is 9.59 Å². The van der Waals surface area contributed by atoms with Gasteiger partial charge in [0.1, 0.15) is 13.2 Å². The second-order valence-corrected chi connectivity index (χ2v) is 7.07. The molecule has 0 aromatic heterocycles. The number of carbonyl (C=O) groups excluding carboxylic acids is 2. The fourth-order valence-electron chi connectivity index (χ4n) is 3.40. The molecule has 1 atom stereocenters. The summed E-state index contributed by atoms with van der Waals surface area (Å²) in [5.74, 6) is 1.61. The molecule has 0 radical (unpaired) electrons. The molecule has 0 saturated heterocycles. The molecule has 1 unspecified atom stereocenters. The lowest BCUT2D eigenvalue weighted by molar-refractivity contribution is -0.122. The minimum Gasteiger partial charge on any atom is -0.486 e. The van der Waals surface area contributed by atoms with Gasteiger partial charge in [-0.1, -0.05) is 30.3 Å². The van der Waals surface area contributed by atoms with E-state index in [1.807, 2.05) is 30.3 Å². The van der Waals surface area contributed by atoms with Crippen molar-refractivity contribution < 1.29 is 19.1 Å². The van der Waals surface area contributed by atoms with Crippen molar-refractivity contribution in [3.8, 4) is 11.5 Å². The van der Waals surface area contributed by atoms with E-state index in [0.717, 1.165) is 18.4 Å². The summed E-state index contributed by atoms with van der Waals surface area (Å²) in [6.07, 6.45) is 2.63. The van der Waals surface area contributed by atoms with Crippen molar-refractivity contribution >= 4 is 11.7 Å². The Morgan fingerprint density at radius 1 is 0.963 bits per heavy atom. The van der Waals surface area contributed by atoms with Crippen molar-refractivity contribution in [3.63, 3.8) is 0 Å². The Kier molecular flexibility index (Phi) is 5.10. The van der Waals surface area contributed by atoms with E-state index in [0.29, 0.717) is 36.2 Å². The predicted octanol–water partition coefficient (Wildman–Crippen LogP) is 3.69. The van der Waals surface area contributed by atoms with Crippen LogP contribution in [0.25, 0.3) is 0 Å². The zero-order valence-corrected chi connectivity index (χ0v) is 15.1. The summed E-state index contributed by atoms with van der Waals surface area (Å²) in [5.41, 5.74) is 1.68. The van der Waals surface area contributed by atoms with Gasteiger partial charge in [-0.05, 0) is 42.5 Å². The van der Waals surface area contributed by atoms with Crippen LogP contribution in [0.1, 0.15) is 47.6 Å². The van der Waals surface area contributed by atoms with Crippen LogP contribution in [0.2, 0.25) is 0 Å². The van der Waals surface area contributed by atoms with E-state index in [9.17, 15) is 9.59 Å². The maximum atomic E-state index is 12.5. The van der Waals surface area contributed by atoms with E-state index in [2.05, 4.69) is 5.32 Å². The van der Waals surface area contributed by atoms with Gasteiger partial charge in [0.15, 0.2) is 17.3 Å². The van der Waals surface area contributed by atoms with E-state index in [-0.39, 0.29) is 30.6 Å². The molecular weight excluding hydrogens is 342 g/mol. The van der Waals surface area contributed by atoms with Crippen LogP contribution in [0, 0.1) is 5.92 Å². The molecule has 1 aliphatic heterocycles. The Hall–Kier alpha value is -2.82. The molecule has 140 valence electrons. The highest BCUT2D eigenvalue weighted by molar-refractivity contribution is 5.98. The highest BCUT2D eigenvalue weighted by Crippen LogP contribution is 2.41. The number of rotatable bonds is 7. The van der Waals surface area contributed by atoms with Gasteiger partial charge in [-0.2, -0.15) is 0 Å². The van der Waals surface area contributed by atoms with Crippen LogP contribution in [0.3, 0.4) is 0 Å². The first-order valence-electron chi connectivity index (χ1n) is 9.48. The summed E-state index contributed by atoms with van der Waals surface area (Å²) in [6.45, 7) is 0.999. The largest absolute Gasteiger partial charge is 0.486 e. The number of carbonyl (C=O) groups is 2. The van der Waals surface area contributed by atoms with Crippen LogP contribution in [0.4, 0.5) is 0 Å². The molecule has 1 amide bonds.